The fourth-order valence-corrected chi connectivity index (χ4v) is 2.15. The van der Waals surface area contributed by atoms with Gasteiger partial charge >= 0.3 is 0 Å². The van der Waals surface area contributed by atoms with E-state index in [9.17, 15) is 4.39 Å². The molecule has 0 aliphatic heterocycles. The highest BCUT2D eigenvalue weighted by Gasteiger charge is 2.08. The van der Waals surface area contributed by atoms with Crippen molar-refractivity contribution in [3.05, 3.63) is 64.4 Å². The Bertz CT molecular complexity index is 554. The number of hydrogen-bond donors (Lipinski definition) is 1. The zero-order chi connectivity index (χ0) is 14.4. The maximum Gasteiger partial charge on any atom is 0.129 e. The Balaban J connectivity index is 2.11. The number of para-hydroxylation sites is 1. The first kappa shape index (κ1) is 14.8. The van der Waals surface area contributed by atoms with Crippen LogP contribution in [-0.2, 0) is 17.9 Å². The molecule has 0 atom stereocenters. The maximum absolute atomic E-state index is 13.7. The number of halogens is 2. The van der Waals surface area contributed by atoms with Crippen molar-refractivity contribution in [2.24, 2.45) is 0 Å². The summed E-state index contributed by atoms with van der Waals surface area (Å²) in [6.45, 7) is 3.49. The smallest absolute Gasteiger partial charge is 0.129 e. The van der Waals surface area contributed by atoms with Crippen LogP contribution in [-0.4, -0.2) is 6.61 Å². The Hall–Kier alpha value is -1.58. The normalized spacial score (nSPS) is 10.6. The molecule has 2 aromatic carbocycles. The van der Waals surface area contributed by atoms with Gasteiger partial charge in [-0.25, -0.2) is 4.39 Å². The van der Waals surface area contributed by atoms with Crippen molar-refractivity contribution in [3.8, 4) is 0 Å². The fraction of sp³-hybridized carbons (Fsp3) is 0.250. The molecule has 0 heterocycles. The summed E-state index contributed by atoms with van der Waals surface area (Å²) < 4.78 is 19.1. The van der Waals surface area contributed by atoms with Crippen molar-refractivity contribution in [1.29, 1.82) is 0 Å². The van der Waals surface area contributed by atoms with E-state index in [0.717, 1.165) is 11.3 Å². The van der Waals surface area contributed by atoms with Gasteiger partial charge in [-0.2, -0.15) is 0 Å². The van der Waals surface area contributed by atoms with Gasteiger partial charge in [-0.05, 0) is 25.1 Å². The van der Waals surface area contributed by atoms with E-state index in [1.807, 2.05) is 31.2 Å². The van der Waals surface area contributed by atoms with Gasteiger partial charge in [-0.1, -0.05) is 35.9 Å². The van der Waals surface area contributed by atoms with Crippen LogP contribution in [0, 0.1) is 5.82 Å². The molecule has 1 N–H and O–H groups in total. The number of nitrogens with one attached hydrogen (secondary N) is 1. The van der Waals surface area contributed by atoms with Gasteiger partial charge in [0, 0.05) is 35.0 Å². The average molecular weight is 294 g/mol. The van der Waals surface area contributed by atoms with E-state index in [2.05, 4.69) is 5.32 Å². The molecule has 0 saturated carbocycles. The summed E-state index contributed by atoms with van der Waals surface area (Å²) in [7, 11) is 0. The predicted molar refractivity (Wildman–Crippen MR) is 80.5 cm³/mol. The zero-order valence-electron chi connectivity index (χ0n) is 11.3. The van der Waals surface area contributed by atoms with Crippen LogP contribution in [0.3, 0.4) is 0 Å². The first-order chi connectivity index (χ1) is 9.72. The molecule has 0 unspecified atom stereocenters. The molecule has 0 fully saturated rings. The van der Waals surface area contributed by atoms with Gasteiger partial charge < -0.3 is 10.1 Å². The Morgan fingerprint density at radius 3 is 2.70 bits per heavy atom. The topological polar surface area (TPSA) is 21.3 Å². The van der Waals surface area contributed by atoms with Crippen LogP contribution < -0.4 is 5.32 Å². The lowest BCUT2D eigenvalue weighted by atomic mass is 10.1. The largest absolute Gasteiger partial charge is 0.381 e. The van der Waals surface area contributed by atoms with Crippen LogP contribution in [0.1, 0.15) is 18.1 Å². The molecule has 0 bridgehead atoms. The quantitative estimate of drug-likeness (QED) is 0.838. The molecule has 0 amide bonds. The van der Waals surface area contributed by atoms with Gasteiger partial charge in [-0.3, -0.25) is 0 Å². The highest BCUT2D eigenvalue weighted by molar-refractivity contribution is 6.31. The monoisotopic (exact) mass is 293 g/mol. The first-order valence-corrected chi connectivity index (χ1v) is 6.92. The third-order valence-corrected chi connectivity index (χ3v) is 3.35. The lowest BCUT2D eigenvalue weighted by Crippen LogP contribution is -2.05. The van der Waals surface area contributed by atoms with Crippen LogP contribution in [0.2, 0.25) is 5.02 Å². The van der Waals surface area contributed by atoms with E-state index in [4.69, 9.17) is 16.3 Å². The second-order valence-electron chi connectivity index (χ2n) is 4.35. The summed E-state index contributed by atoms with van der Waals surface area (Å²) in [5, 5.41) is 3.65. The Morgan fingerprint density at radius 2 is 1.95 bits per heavy atom. The molecule has 2 rings (SSSR count). The molecule has 0 radical (unpaired) electrons. The average Bonchev–Trinajstić information content (AvgIpc) is 2.45. The van der Waals surface area contributed by atoms with Gasteiger partial charge in [0.1, 0.15) is 5.82 Å². The molecule has 4 heteroatoms. The van der Waals surface area contributed by atoms with E-state index in [0.29, 0.717) is 30.3 Å². The molecule has 0 aliphatic rings. The van der Waals surface area contributed by atoms with Crippen LogP contribution in [0.5, 0.6) is 0 Å². The Morgan fingerprint density at radius 1 is 1.15 bits per heavy atom. The number of hydrogen-bond acceptors (Lipinski definition) is 2. The van der Waals surface area contributed by atoms with E-state index < -0.39 is 0 Å². The highest BCUT2D eigenvalue weighted by Crippen LogP contribution is 2.22. The van der Waals surface area contributed by atoms with Gasteiger partial charge in [0.25, 0.3) is 0 Å². The maximum atomic E-state index is 13.7. The van der Waals surface area contributed by atoms with Crippen LogP contribution >= 0.6 is 11.6 Å². The summed E-state index contributed by atoms with van der Waals surface area (Å²) in [6.07, 6.45) is 0. The summed E-state index contributed by atoms with van der Waals surface area (Å²) in [4.78, 5) is 0. The Kier molecular flexibility index (Phi) is 5.39. The summed E-state index contributed by atoms with van der Waals surface area (Å²) in [5.41, 5.74) is 2.45. The Labute approximate surface area is 123 Å². The number of anilines is 1. The van der Waals surface area contributed by atoms with Gasteiger partial charge in [-0.15, -0.1) is 0 Å². The highest BCUT2D eigenvalue weighted by atomic mass is 35.5. The second-order valence-corrected chi connectivity index (χ2v) is 4.76. The van der Waals surface area contributed by atoms with Crippen molar-refractivity contribution in [3.63, 3.8) is 0 Å². The second kappa shape index (κ2) is 7.27. The summed E-state index contributed by atoms with van der Waals surface area (Å²) in [5.74, 6) is -0.299. The molecule has 0 saturated heterocycles. The van der Waals surface area contributed by atoms with Gasteiger partial charge in [0.2, 0.25) is 0 Å². The van der Waals surface area contributed by atoms with Crippen molar-refractivity contribution in [1.82, 2.24) is 0 Å². The van der Waals surface area contributed by atoms with E-state index >= 15 is 0 Å². The van der Waals surface area contributed by atoms with E-state index in [1.54, 1.807) is 12.1 Å². The lowest BCUT2D eigenvalue weighted by Gasteiger charge is -2.13. The third-order valence-electron chi connectivity index (χ3n) is 3.00. The molecule has 0 spiro atoms. The van der Waals surface area contributed by atoms with Crippen LogP contribution in [0.15, 0.2) is 42.5 Å². The standard InChI is InChI=1S/C16H17ClFNO/c1-2-20-11-12-6-3-4-9-16(12)19-10-13-14(17)7-5-8-15(13)18/h3-9,19H,2,10-11H2,1H3. The fourth-order valence-electron chi connectivity index (χ4n) is 1.92. The zero-order valence-corrected chi connectivity index (χ0v) is 12.1. The lowest BCUT2D eigenvalue weighted by molar-refractivity contribution is 0.134. The van der Waals surface area contributed by atoms with Crippen molar-refractivity contribution < 1.29 is 9.13 Å². The molecule has 20 heavy (non-hydrogen) atoms. The van der Waals surface area contributed by atoms with Gasteiger partial charge in [0.05, 0.1) is 6.61 Å². The first-order valence-electron chi connectivity index (χ1n) is 6.54. The number of rotatable bonds is 6. The minimum atomic E-state index is -0.299. The van der Waals surface area contributed by atoms with Crippen molar-refractivity contribution in [2.75, 3.05) is 11.9 Å². The molecule has 2 nitrogen and oxygen atoms in total. The number of benzene rings is 2. The molecule has 106 valence electrons. The molecule has 0 aliphatic carbocycles. The molecule has 0 aromatic heterocycles. The van der Waals surface area contributed by atoms with E-state index in [1.165, 1.54) is 6.07 Å². The van der Waals surface area contributed by atoms with Crippen molar-refractivity contribution in [2.45, 2.75) is 20.1 Å². The SMILES string of the molecule is CCOCc1ccccc1NCc1c(F)cccc1Cl. The van der Waals surface area contributed by atoms with Crippen LogP contribution in [0.25, 0.3) is 0 Å². The minimum absolute atomic E-state index is 0.299. The predicted octanol–water partition coefficient (Wildman–Crippen LogP) is 4.63. The number of ether oxygens (including phenoxy) is 1. The minimum Gasteiger partial charge on any atom is -0.381 e. The van der Waals surface area contributed by atoms with Crippen LogP contribution in [0.4, 0.5) is 10.1 Å². The molecule has 2 aromatic rings. The summed E-state index contributed by atoms with van der Waals surface area (Å²) in [6, 6.07) is 12.5. The third kappa shape index (κ3) is 3.71. The molecular formula is C16H17ClFNO. The van der Waals surface area contributed by atoms with E-state index in [-0.39, 0.29) is 5.82 Å². The summed E-state index contributed by atoms with van der Waals surface area (Å²) >= 11 is 6.01. The van der Waals surface area contributed by atoms with Gasteiger partial charge in [0.15, 0.2) is 0 Å². The molecular weight excluding hydrogens is 277 g/mol. The van der Waals surface area contributed by atoms with Crippen molar-refractivity contribution >= 4 is 17.3 Å².